The molecule has 1 aromatic carbocycles. The van der Waals surface area contributed by atoms with Gasteiger partial charge in [-0.1, -0.05) is 22.0 Å². The first kappa shape index (κ1) is 12.5. The van der Waals surface area contributed by atoms with E-state index in [9.17, 15) is 4.79 Å². The predicted octanol–water partition coefficient (Wildman–Crippen LogP) is 2.61. The second kappa shape index (κ2) is 5.14. The lowest BCUT2D eigenvalue weighted by Crippen LogP contribution is -1.96. The van der Waals surface area contributed by atoms with E-state index in [1.165, 1.54) is 13.2 Å². The summed E-state index contributed by atoms with van der Waals surface area (Å²) in [6, 6.07) is 5.07. The Kier molecular flexibility index (Phi) is 3.57. The van der Waals surface area contributed by atoms with Crippen LogP contribution in [0.1, 0.15) is 10.4 Å². The van der Waals surface area contributed by atoms with E-state index in [0.717, 1.165) is 11.1 Å². The third kappa shape index (κ3) is 2.48. The number of benzene rings is 1. The molecule has 6 heteroatoms. The Balaban J connectivity index is 2.41. The fourth-order valence-corrected chi connectivity index (χ4v) is 2.05. The van der Waals surface area contributed by atoms with Crippen molar-refractivity contribution < 1.29 is 14.6 Å². The van der Waals surface area contributed by atoms with Crippen molar-refractivity contribution in [1.82, 2.24) is 9.97 Å². The van der Waals surface area contributed by atoms with Crippen molar-refractivity contribution in [1.29, 1.82) is 0 Å². The average Bonchev–Trinajstić information content (AvgIpc) is 2.38. The minimum absolute atomic E-state index is 0.222. The van der Waals surface area contributed by atoms with Crippen molar-refractivity contribution in [3.63, 3.8) is 0 Å². The molecule has 0 spiro atoms. The summed E-state index contributed by atoms with van der Waals surface area (Å²) in [6.07, 6.45) is 3.23. The molecule has 0 radical (unpaired) electrons. The average molecular weight is 309 g/mol. The Morgan fingerprint density at radius 1 is 1.33 bits per heavy atom. The van der Waals surface area contributed by atoms with Crippen molar-refractivity contribution in [2.75, 3.05) is 7.11 Å². The number of carbonyl (C=O) groups is 1. The lowest BCUT2D eigenvalue weighted by atomic mass is 10.1. The molecule has 0 fully saturated rings. The van der Waals surface area contributed by atoms with E-state index in [-0.39, 0.29) is 11.6 Å². The molecule has 0 aliphatic carbocycles. The molecule has 0 saturated heterocycles. The molecule has 1 aromatic heterocycles. The van der Waals surface area contributed by atoms with Crippen LogP contribution >= 0.6 is 15.9 Å². The molecule has 1 N–H and O–H groups in total. The molecule has 0 saturated carbocycles. The number of carboxylic acid groups (broad SMARTS) is 1. The number of carboxylic acids is 1. The molecule has 0 bridgehead atoms. The molecule has 0 atom stereocenters. The maximum Gasteiger partial charge on any atom is 0.335 e. The summed E-state index contributed by atoms with van der Waals surface area (Å²) in [5.74, 6) is -0.965. The number of hydrogen-bond donors (Lipinski definition) is 1. The fourth-order valence-electron chi connectivity index (χ4n) is 1.44. The van der Waals surface area contributed by atoms with E-state index in [0.29, 0.717) is 4.47 Å². The van der Waals surface area contributed by atoms with E-state index in [4.69, 9.17) is 9.84 Å². The topological polar surface area (TPSA) is 72.3 Å². The predicted molar refractivity (Wildman–Crippen MR) is 68.7 cm³/mol. The maximum absolute atomic E-state index is 10.8. The minimum Gasteiger partial charge on any atom is -0.478 e. The first-order valence-electron chi connectivity index (χ1n) is 5.01. The van der Waals surface area contributed by atoms with Gasteiger partial charge in [0.25, 0.3) is 0 Å². The van der Waals surface area contributed by atoms with Crippen molar-refractivity contribution >= 4 is 21.9 Å². The fraction of sp³-hybridized carbons (Fsp3) is 0.0833. The van der Waals surface area contributed by atoms with Gasteiger partial charge in [-0.15, -0.1) is 0 Å². The van der Waals surface area contributed by atoms with E-state index in [1.54, 1.807) is 24.5 Å². The Labute approximate surface area is 112 Å². The van der Waals surface area contributed by atoms with Crippen molar-refractivity contribution in [3.8, 4) is 17.1 Å². The lowest BCUT2D eigenvalue weighted by Gasteiger charge is -2.05. The van der Waals surface area contributed by atoms with Gasteiger partial charge in [-0.2, -0.15) is 0 Å². The largest absolute Gasteiger partial charge is 0.478 e. The molecule has 18 heavy (non-hydrogen) atoms. The quantitative estimate of drug-likeness (QED) is 0.943. The van der Waals surface area contributed by atoms with Crippen LogP contribution in [0.4, 0.5) is 0 Å². The summed E-state index contributed by atoms with van der Waals surface area (Å²) in [4.78, 5) is 18.8. The molecule has 0 aliphatic heterocycles. The van der Waals surface area contributed by atoms with E-state index in [2.05, 4.69) is 25.9 Å². The van der Waals surface area contributed by atoms with Gasteiger partial charge in [-0.25, -0.2) is 14.8 Å². The van der Waals surface area contributed by atoms with Gasteiger partial charge in [0.15, 0.2) is 0 Å². The highest BCUT2D eigenvalue weighted by atomic mass is 79.9. The van der Waals surface area contributed by atoms with Crippen LogP contribution in [0, 0.1) is 0 Å². The normalized spacial score (nSPS) is 10.1. The zero-order valence-corrected chi connectivity index (χ0v) is 11.0. The summed E-state index contributed by atoms with van der Waals surface area (Å²) in [5.41, 5.74) is 1.82. The molecule has 5 nitrogen and oxygen atoms in total. The number of halogens is 1. The number of nitrogens with zero attached hydrogens (tertiary/aromatic N) is 2. The van der Waals surface area contributed by atoms with Crippen LogP contribution in [-0.2, 0) is 0 Å². The Hall–Kier alpha value is -1.95. The van der Waals surface area contributed by atoms with Crippen molar-refractivity contribution in [2.45, 2.75) is 0 Å². The highest BCUT2D eigenvalue weighted by Crippen LogP contribution is 2.28. The van der Waals surface area contributed by atoms with Crippen molar-refractivity contribution in [3.05, 3.63) is 40.6 Å². The Morgan fingerprint density at radius 2 is 2.00 bits per heavy atom. The van der Waals surface area contributed by atoms with Crippen LogP contribution in [0.15, 0.2) is 35.1 Å². The number of ether oxygens (including phenoxy) is 1. The Bertz CT molecular complexity index is 584. The third-order valence-corrected chi connectivity index (χ3v) is 2.99. The van der Waals surface area contributed by atoms with Crippen LogP contribution in [-0.4, -0.2) is 28.2 Å². The van der Waals surface area contributed by atoms with Gasteiger partial charge in [0.1, 0.15) is 0 Å². The van der Waals surface area contributed by atoms with Crippen LogP contribution in [0.25, 0.3) is 11.1 Å². The maximum atomic E-state index is 10.8. The monoisotopic (exact) mass is 308 g/mol. The first-order valence-corrected chi connectivity index (χ1v) is 5.80. The van der Waals surface area contributed by atoms with Gasteiger partial charge in [-0.3, -0.25) is 0 Å². The van der Waals surface area contributed by atoms with E-state index in [1.807, 2.05) is 0 Å². The van der Waals surface area contributed by atoms with Gasteiger partial charge in [-0.05, 0) is 17.7 Å². The molecule has 1 heterocycles. The summed E-state index contributed by atoms with van der Waals surface area (Å²) < 4.78 is 5.55. The summed E-state index contributed by atoms with van der Waals surface area (Å²) in [5, 5.41) is 8.88. The standard InChI is InChI=1S/C12H9BrN2O3/c1-18-12-14-5-8(6-15-12)9-3-2-7(11(16)17)4-10(9)13/h2-6H,1H3,(H,16,17). The molecule has 2 rings (SSSR count). The highest BCUT2D eigenvalue weighted by molar-refractivity contribution is 9.10. The van der Waals surface area contributed by atoms with Crippen LogP contribution in [0.2, 0.25) is 0 Å². The molecular weight excluding hydrogens is 300 g/mol. The molecule has 92 valence electrons. The van der Waals surface area contributed by atoms with E-state index < -0.39 is 5.97 Å². The summed E-state index contributed by atoms with van der Waals surface area (Å²) in [7, 11) is 1.49. The van der Waals surface area contributed by atoms with Gasteiger partial charge < -0.3 is 9.84 Å². The second-order valence-corrected chi connectivity index (χ2v) is 4.31. The molecule has 0 unspecified atom stereocenters. The zero-order chi connectivity index (χ0) is 13.1. The first-order chi connectivity index (χ1) is 8.61. The van der Waals surface area contributed by atoms with Crippen molar-refractivity contribution in [2.24, 2.45) is 0 Å². The lowest BCUT2D eigenvalue weighted by molar-refractivity contribution is 0.0697. The number of rotatable bonds is 3. The van der Waals surface area contributed by atoms with Crippen LogP contribution in [0.3, 0.4) is 0 Å². The second-order valence-electron chi connectivity index (χ2n) is 3.46. The van der Waals surface area contributed by atoms with Gasteiger partial charge in [0.05, 0.1) is 12.7 Å². The highest BCUT2D eigenvalue weighted by Gasteiger charge is 2.09. The minimum atomic E-state index is -0.965. The molecule has 0 aliphatic rings. The molecule has 2 aromatic rings. The number of hydrogen-bond acceptors (Lipinski definition) is 4. The van der Waals surface area contributed by atoms with E-state index >= 15 is 0 Å². The zero-order valence-electron chi connectivity index (χ0n) is 9.42. The third-order valence-electron chi connectivity index (χ3n) is 2.34. The number of aromatic nitrogens is 2. The molecule has 0 amide bonds. The number of aromatic carboxylic acids is 1. The van der Waals surface area contributed by atoms with Gasteiger partial charge in [0, 0.05) is 22.4 Å². The Morgan fingerprint density at radius 3 is 2.50 bits per heavy atom. The molecular formula is C12H9BrN2O3. The van der Waals surface area contributed by atoms with Crippen LogP contribution in [0.5, 0.6) is 6.01 Å². The summed E-state index contributed by atoms with van der Waals surface area (Å²) in [6.45, 7) is 0. The van der Waals surface area contributed by atoms with Crippen LogP contribution < -0.4 is 4.74 Å². The van der Waals surface area contributed by atoms with Gasteiger partial charge >= 0.3 is 12.0 Å². The number of methoxy groups -OCH3 is 1. The SMILES string of the molecule is COc1ncc(-c2ccc(C(=O)O)cc2Br)cn1. The van der Waals surface area contributed by atoms with Gasteiger partial charge in [0.2, 0.25) is 0 Å². The smallest absolute Gasteiger partial charge is 0.335 e. The summed E-state index contributed by atoms with van der Waals surface area (Å²) >= 11 is 3.34.